The molecule has 0 saturated carbocycles. The van der Waals surface area contributed by atoms with Crippen LogP contribution >= 0.6 is 0 Å². The molecule has 2 rings (SSSR count). The molecular weight excluding hydrogens is 380 g/mol. The highest BCUT2D eigenvalue weighted by Crippen LogP contribution is 2.25. The third-order valence-corrected chi connectivity index (χ3v) is 4.94. The maximum Gasteiger partial charge on any atom is 0.387 e. The minimum atomic E-state index is -2.88. The van der Waals surface area contributed by atoms with Crippen molar-refractivity contribution < 1.29 is 18.3 Å². The molecule has 0 aromatic heterocycles. The first kappa shape index (κ1) is 23.2. The van der Waals surface area contributed by atoms with Crippen LogP contribution in [0.5, 0.6) is 11.5 Å². The minimum Gasteiger partial charge on any atom is -0.497 e. The quantitative estimate of drug-likeness (QED) is 0.476. The second-order valence-corrected chi connectivity index (χ2v) is 7.37. The van der Waals surface area contributed by atoms with Crippen molar-refractivity contribution in [2.45, 2.75) is 20.1 Å². The predicted molar refractivity (Wildman–Crippen MR) is 111 cm³/mol. The topological polar surface area (TPSA) is 61.4 Å². The molecule has 0 bridgehead atoms. The monoisotopic (exact) mass is 413 g/mol. The van der Waals surface area contributed by atoms with Crippen LogP contribution in [0.3, 0.4) is 0 Å². The van der Waals surface area contributed by atoms with Crippen LogP contribution < -0.4 is 20.1 Å². The van der Waals surface area contributed by atoms with E-state index in [0.29, 0.717) is 23.2 Å². The van der Waals surface area contributed by atoms with Gasteiger partial charge in [0.25, 0.3) is 0 Å². The van der Waals surface area contributed by atoms with Crippen LogP contribution in [0.15, 0.2) is 23.2 Å². The first-order chi connectivity index (χ1) is 13.9. The van der Waals surface area contributed by atoms with E-state index in [-0.39, 0.29) is 12.3 Å². The molecule has 1 fully saturated rings. The van der Waals surface area contributed by atoms with Crippen LogP contribution in [0.1, 0.15) is 12.5 Å². The smallest absolute Gasteiger partial charge is 0.387 e. The maximum atomic E-state index is 12.7. The van der Waals surface area contributed by atoms with Gasteiger partial charge in [-0.25, -0.2) is 0 Å². The third kappa shape index (κ3) is 8.02. The van der Waals surface area contributed by atoms with Crippen LogP contribution in [0.25, 0.3) is 0 Å². The average Bonchev–Trinajstić information content (AvgIpc) is 2.70. The number of nitrogens with zero attached hydrogens (tertiary/aromatic N) is 3. The molecule has 29 heavy (non-hydrogen) atoms. The summed E-state index contributed by atoms with van der Waals surface area (Å²) in [6.45, 7) is 5.80. The molecule has 1 heterocycles. The summed E-state index contributed by atoms with van der Waals surface area (Å²) in [4.78, 5) is 9.04. The Morgan fingerprint density at radius 3 is 2.55 bits per heavy atom. The van der Waals surface area contributed by atoms with E-state index in [0.717, 1.165) is 39.3 Å². The van der Waals surface area contributed by atoms with Gasteiger partial charge in [0.2, 0.25) is 0 Å². The van der Waals surface area contributed by atoms with Crippen LogP contribution in [-0.4, -0.2) is 82.8 Å². The molecule has 1 aliphatic rings. The van der Waals surface area contributed by atoms with Crippen molar-refractivity contribution in [2.24, 2.45) is 10.9 Å². The number of hydrogen-bond acceptors (Lipinski definition) is 5. The highest BCUT2D eigenvalue weighted by atomic mass is 19.3. The van der Waals surface area contributed by atoms with Gasteiger partial charge in [-0.3, -0.25) is 4.99 Å². The van der Waals surface area contributed by atoms with Gasteiger partial charge in [0, 0.05) is 58.4 Å². The SMILES string of the molecule is CN=C(NCc1cc(OC)ccc1OC(F)F)NCC(C)CN1CCN(C)CC1. The largest absolute Gasteiger partial charge is 0.497 e. The Balaban J connectivity index is 1.84. The maximum absolute atomic E-state index is 12.7. The molecule has 1 aliphatic heterocycles. The van der Waals surface area contributed by atoms with Crippen LogP contribution in [0.4, 0.5) is 8.78 Å². The van der Waals surface area contributed by atoms with E-state index >= 15 is 0 Å². The molecule has 1 aromatic carbocycles. The number of hydrogen-bond donors (Lipinski definition) is 2. The number of likely N-dealkylation sites (N-methyl/N-ethyl adjacent to an activating group) is 1. The zero-order valence-corrected chi connectivity index (χ0v) is 17.8. The summed E-state index contributed by atoms with van der Waals surface area (Å²) in [6, 6.07) is 4.75. The number of rotatable bonds is 9. The number of aliphatic imine (C=N–C) groups is 1. The molecule has 1 atom stereocenters. The molecule has 1 aromatic rings. The second-order valence-electron chi connectivity index (χ2n) is 7.37. The highest BCUT2D eigenvalue weighted by Gasteiger charge is 2.16. The second kappa shape index (κ2) is 11.8. The summed E-state index contributed by atoms with van der Waals surface area (Å²) in [7, 11) is 5.36. The van der Waals surface area contributed by atoms with Gasteiger partial charge in [-0.1, -0.05) is 6.92 Å². The fraction of sp³-hybridized carbons (Fsp3) is 0.650. The summed E-state index contributed by atoms with van der Waals surface area (Å²) in [5.74, 6) is 1.76. The summed E-state index contributed by atoms with van der Waals surface area (Å²) in [5, 5.41) is 6.46. The van der Waals surface area contributed by atoms with Crippen molar-refractivity contribution in [2.75, 3.05) is 60.5 Å². The molecule has 0 amide bonds. The van der Waals surface area contributed by atoms with Gasteiger partial charge >= 0.3 is 6.61 Å². The summed E-state index contributed by atoms with van der Waals surface area (Å²) in [5.41, 5.74) is 0.568. The standard InChI is InChI=1S/C20H33F2N5O2/c1-15(14-27-9-7-26(3)8-10-27)12-24-20(23-2)25-13-16-11-17(28-4)5-6-18(16)29-19(21)22/h5-6,11,15,19H,7-10,12-14H2,1-4H3,(H2,23,24,25). The number of benzene rings is 1. The third-order valence-electron chi connectivity index (χ3n) is 4.94. The lowest BCUT2D eigenvalue weighted by atomic mass is 10.1. The van der Waals surface area contributed by atoms with Gasteiger partial charge in [-0.2, -0.15) is 8.78 Å². The minimum absolute atomic E-state index is 0.118. The lowest BCUT2D eigenvalue weighted by molar-refractivity contribution is -0.0504. The van der Waals surface area contributed by atoms with Crippen LogP contribution in [-0.2, 0) is 6.54 Å². The van der Waals surface area contributed by atoms with Gasteiger partial charge < -0.3 is 29.9 Å². The van der Waals surface area contributed by atoms with Crippen molar-refractivity contribution in [1.29, 1.82) is 0 Å². The molecule has 1 saturated heterocycles. The zero-order valence-electron chi connectivity index (χ0n) is 17.8. The van der Waals surface area contributed by atoms with Crippen molar-refractivity contribution in [3.05, 3.63) is 23.8 Å². The molecular formula is C20H33F2N5O2. The van der Waals surface area contributed by atoms with E-state index < -0.39 is 6.61 Å². The highest BCUT2D eigenvalue weighted by molar-refractivity contribution is 5.79. The molecule has 7 nitrogen and oxygen atoms in total. The van der Waals surface area contributed by atoms with Crippen molar-refractivity contribution >= 4 is 5.96 Å². The average molecular weight is 414 g/mol. The Bertz CT molecular complexity index is 652. The van der Waals surface area contributed by atoms with E-state index in [2.05, 4.69) is 44.1 Å². The molecule has 2 N–H and O–H groups in total. The van der Waals surface area contributed by atoms with Gasteiger partial charge in [-0.05, 0) is 31.2 Å². The zero-order chi connectivity index (χ0) is 21.2. The Kier molecular flexibility index (Phi) is 9.40. The van der Waals surface area contributed by atoms with Gasteiger partial charge in [0.15, 0.2) is 5.96 Å². The molecule has 0 aliphatic carbocycles. The first-order valence-electron chi connectivity index (χ1n) is 9.88. The summed E-state index contributed by atoms with van der Waals surface area (Å²) < 4.78 is 35.1. The number of ether oxygens (including phenoxy) is 2. The number of alkyl halides is 2. The van der Waals surface area contributed by atoms with Gasteiger partial charge in [0.1, 0.15) is 11.5 Å². The lowest BCUT2D eigenvalue weighted by Gasteiger charge is -2.34. The molecule has 0 spiro atoms. The number of nitrogens with one attached hydrogen (secondary N) is 2. The lowest BCUT2D eigenvalue weighted by Crippen LogP contribution is -2.47. The van der Waals surface area contributed by atoms with Crippen molar-refractivity contribution in [3.8, 4) is 11.5 Å². The molecule has 164 valence electrons. The van der Waals surface area contributed by atoms with Crippen LogP contribution in [0, 0.1) is 5.92 Å². The fourth-order valence-corrected chi connectivity index (χ4v) is 3.24. The van der Waals surface area contributed by atoms with E-state index in [1.807, 2.05) is 0 Å². The van der Waals surface area contributed by atoms with Crippen molar-refractivity contribution in [1.82, 2.24) is 20.4 Å². The number of methoxy groups -OCH3 is 1. The van der Waals surface area contributed by atoms with Gasteiger partial charge in [0.05, 0.1) is 7.11 Å². The first-order valence-corrected chi connectivity index (χ1v) is 9.88. The molecule has 1 unspecified atom stereocenters. The Labute approximate surface area is 172 Å². The fourth-order valence-electron chi connectivity index (χ4n) is 3.24. The van der Waals surface area contributed by atoms with E-state index in [4.69, 9.17) is 4.74 Å². The van der Waals surface area contributed by atoms with Crippen molar-refractivity contribution in [3.63, 3.8) is 0 Å². The molecule has 0 radical (unpaired) electrons. The number of halogens is 2. The van der Waals surface area contributed by atoms with Gasteiger partial charge in [-0.15, -0.1) is 0 Å². The number of piperazine rings is 1. The summed E-state index contributed by atoms with van der Waals surface area (Å²) >= 11 is 0. The predicted octanol–water partition coefficient (Wildman–Crippen LogP) is 1.85. The Morgan fingerprint density at radius 2 is 1.93 bits per heavy atom. The van der Waals surface area contributed by atoms with Crippen LogP contribution in [0.2, 0.25) is 0 Å². The normalized spacial score (nSPS) is 17.3. The van der Waals surface area contributed by atoms with E-state index in [9.17, 15) is 8.78 Å². The molecule has 9 heteroatoms. The van der Waals surface area contributed by atoms with E-state index in [1.54, 1.807) is 19.2 Å². The summed E-state index contributed by atoms with van der Waals surface area (Å²) in [6.07, 6.45) is 0. The Hall–Kier alpha value is -2.13. The van der Waals surface area contributed by atoms with E-state index in [1.165, 1.54) is 13.2 Å². The Morgan fingerprint density at radius 1 is 1.21 bits per heavy atom. The number of guanidine groups is 1.